The number of sulfonamides is 1. The Balaban J connectivity index is 1.98. The molecule has 0 heterocycles. The fraction of sp³-hybridized carbons (Fsp3) is 0.269. The van der Waals surface area contributed by atoms with Crippen molar-refractivity contribution < 1.29 is 32.3 Å². The second kappa shape index (κ2) is 11.8. The molecule has 0 bridgehead atoms. The second-order valence-corrected chi connectivity index (χ2v) is 10.2. The highest BCUT2D eigenvalue weighted by Gasteiger charge is 2.30. The smallest absolute Gasteiger partial charge is 0.273 e. The van der Waals surface area contributed by atoms with Gasteiger partial charge in [-0.1, -0.05) is 6.07 Å². The number of carbonyl (C=O) groups excluding carboxylic acids is 1. The molecule has 0 spiro atoms. The minimum absolute atomic E-state index is 0.177. The molecule has 3 rings (SSSR count). The number of ether oxygens (including phenoxy) is 3. The molecular weight excluding hydrogens is 514 g/mol. The lowest BCUT2D eigenvalue weighted by molar-refractivity contribution is -0.385. The van der Waals surface area contributed by atoms with E-state index in [-0.39, 0.29) is 16.3 Å². The molecule has 0 aliphatic carbocycles. The largest absolute Gasteiger partial charge is 0.497 e. The lowest BCUT2D eigenvalue weighted by Crippen LogP contribution is -2.41. The maximum Gasteiger partial charge on any atom is 0.273 e. The SMILES string of the molecule is COc1ccc(N(CC(=O)NC(C)c2cc(OC)ccc2OC)S(=O)(=O)c2ccc(C)c([N+](=O)[O-])c2)cc1. The minimum atomic E-state index is -4.38. The number of nitro benzene ring substituents is 1. The van der Waals surface area contributed by atoms with Gasteiger partial charge in [0.1, 0.15) is 23.8 Å². The Bertz CT molecular complexity index is 1420. The van der Waals surface area contributed by atoms with Crippen molar-refractivity contribution >= 4 is 27.3 Å². The maximum atomic E-state index is 13.7. The van der Waals surface area contributed by atoms with Crippen LogP contribution in [0.1, 0.15) is 24.1 Å². The van der Waals surface area contributed by atoms with Gasteiger partial charge in [-0.25, -0.2) is 8.42 Å². The van der Waals surface area contributed by atoms with E-state index in [4.69, 9.17) is 14.2 Å². The molecule has 202 valence electrons. The number of hydrogen-bond donors (Lipinski definition) is 1. The van der Waals surface area contributed by atoms with Crippen LogP contribution in [-0.2, 0) is 14.8 Å². The average molecular weight is 544 g/mol. The first-order valence-corrected chi connectivity index (χ1v) is 12.9. The molecule has 0 saturated carbocycles. The number of nitrogens with one attached hydrogen (secondary N) is 1. The van der Waals surface area contributed by atoms with Gasteiger partial charge in [0, 0.05) is 17.2 Å². The summed E-state index contributed by atoms with van der Waals surface area (Å²) in [6.07, 6.45) is 0. The van der Waals surface area contributed by atoms with Crippen LogP contribution in [0.5, 0.6) is 17.2 Å². The molecule has 0 fully saturated rings. The summed E-state index contributed by atoms with van der Waals surface area (Å²) in [4.78, 5) is 23.6. The van der Waals surface area contributed by atoms with Crippen molar-refractivity contribution in [3.63, 3.8) is 0 Å². The number of aryl methyl sites for hydroxylation is 1. The molecule has 0 saturated heterocycles. The van der Waals surface area contributed by atoms with E-state index in [1.807, 2.05) is 0 Å². The Morgan fingerprint density at radius 3 is 2.18 bits per heavy atom. The summed E-state index contributed by atoms with van der Waals surface area (Å²) in [7, 11) is 0.100. The van der Waals surface area contributed by atoms with Crippen LogP contribution in [0.15, 0.2) is 65.6 Å². The zero-order valence-electron chi connectivity index (χ0n) is 21.6. The van der Waals surface area contributed by atoms with Gasteiger partial charge in [0.25, 0.3) is 15.7 Å². The number of rotatable bonds is 11. The van der Waals surface area contributed by atoms with E-state index >= 15 is 0 Å². The molecule has 1 amide bonds. The van der Waals surface area contributed by atoms with Crippen LogP contribution in [0.25, 0.3) is 0 Å². The molecule has 12 heteroatoms. The molecule has 0 aliphatic heterocycles. The number of benzene rings is 3. The second-order valence-electron chi connectivity index (χ2n) is 8.31. The van der Waals surface area contributed by atoms with Gasteiger partial charge in [-0.05, 0) is 62.4 Å². The first-order valence-electron chi connectivity index (χ1n) is 11.4. The fourth-order valence-corrected chi connectivity index (χ4v) is 5.25. The predicted molar refractivity (Wildman–Crippen MR) is 141 cm³/mol. The molecule has 3 aromatic rings. The van der Waals surface area contributed by atoms with Crippen molar-refractivity contribution in [2.75, 3.05) is 32.2 Å². The van der Waals surface area contributed by atoms with Crippen molar-refractivity contribution in [2.24, 2.45) is 0 Å². The van der Waals surface area contributed by atoms with Gasteiger partial charge in [-0.15, -0.1) is 0 Å². The van der Waals surface area contributed by atoms with E-state index in [0.29, 0.717) is 28.4 Å². The zero-order chi connectivity index (χ0) is 28.0. The molecule has 38 heavy (non-hydrogen) atoms. The Morgan fingerprint density at radius 2 is 1.61 bits per heavy atom. The quantitative estimate of drug-likeness (QED) is 0.283. The molecule has 1 N–H and O–H groups in total. The topological polar surface area (TPSA) is 137 Å². The van der Waals surface area contributed by atoms with Crippen molar-refractivity contribution in [3.8, 4) is 17.2 Å². The van der Waals surface area contributed by atoms with Gasteiger partial charge in [-0.2, -0.15) is 0 Å². The van der Waals surface area contributed by atoms with Gasteiger partial charge < -0.3 is 19.5 Å². The molecule has 1 unspecified atom stereocenters. The van der Waals surface area contributed by atoms with Crippen LogP contribution in [-0.4, -0.2) is 47.1 Å². The number of hydrogen-bond acceptors (Lipinski definition) is 8. The molecule has 11 nitrogen and oxygen atoms in total. The number of methoxy groups -OCH3 is 3. The summed E-state index contributed by atoms with van der Waals surface area (Å²) >= 11 is 0. The Morgan fingerprint density at radius 1 is 0.974 bits per heavy atom. The van der Waals surface area contributed by atoms with Gasteiger partial charge in [0.15, 0.2) is 0 Å². The highest BCUT2D eigenvalue weighted by molar-refractivity contribution is 7.92. The summed E-state index contributed by atoms with van der Waals surface area (Å²) in [5.74, 6) is 0.958. The van der Waals surface area contributed by atoms with Crippen LogP contribution in [0.2, 0.25) is 0 Å². The third-order valence-corrected chi connectivity index (χ3v) is 7.66. The van der Waals surface area contributed by atoms with Crippen molar-refractivity contribution in [1.82, 2.24) is 5.32 Å². The number of carbonyl (C=O) groups is 1. The molecule has 0 aromatic heterocycles. The Kier molecular flexibility index (Phi) is 8.79. The molecule has 0 aliphatic rings. The maximum absolute atomic E-state index is 13.7. The summed E-state index contributed by atoms with van der Waals surface area (Å²) in [6.45, 7) is 2.65. The van der Waals surface area contributed by atoms with E-state index < -0.39 is 33.4 Å². The van der Waals surface area contributed by atoms with Gasteiger partial charge in [0.2, 0.25) is 5.91 Å². The van der Waals surface area contributed by atoms with E-state index in [0.717, 1.165) is 10.4 Å². The molecule has 1 atom stereocenters. The Labute approximate surface area is 221 Å². The molecule has 3 aromatic carbocycles. The van der Waals surface area contributed by atoms with Gasteiger partial charge in [0.05, 0.1) is 42.9 Å². The van der Waals surface area contributed by atoms with Crippen LogP contribution in [0.3, 0.4) is 0 Å². The predicted octanol–water partition coefficient (Wildman–Crippen LogP) is 4.00. The van der Waals surface area contributed by atoms with Crippen LogP contribution in [0, 0.1) is 17.0 Å². The van der Waals surface area contributed by atoms with Crippen molar-refractivity contribution in [3.05, 3.63) is 81.9 Å². The van der Waals surface area contributed by atoms with Gasteiger partial charge >= 0.3 is 0 Å². The minimum Gasteiger partial charge on any atom is -0.497 e. The van der Waals surface area contributed by atoms with Crippen LogP contribution in [0.4, 0.5) is 11.4 Å². The number of amides is 1. The summed E-state index contributed by atoms with van der Waals surface area (Å²) < 4.78 is 44.1. The third kappa shape index (κ3) is 6.14. The lowest BCUT2D eigenvalue weighted by atomic mass is 10.1. The van der Waals surface area contributed by atoms with E-state index in [1.54, 1.807) is 37.3 Å². The van der Waals surface area contributed by atoms with Crippen LogP contribution < -0.4 is 23.8 Å². The summed E-state index contributed by atoms with van der Waals surface area (Å²) in [5.41, 5.74) is 0.775. The van der Waals surface area contributed by atoms with Crippen molar-refractivity contribution in [1.29, 1.82) is 0 Å². The van der Waals surface area contributed by atoms with E-state index in [9.17, 15) is 23.3 Å². The monoisotopic (exact) mass is 543 g/mol. The third-order valence-electron chi connectivity index (χ3n) is 5.89. The fourth-order valence-electron chi connectivity index (χ4n) is 3.81. The normalized spacial score (nSPS) is 11.8. The first-order chi connectivity index (χ1) is 18.0. The molecular formula is C26H29N3O8S. The number of nitro groups is 1. The Hall–Kier alpha value is -4.32. The highest BCUT2D eigenvalue weighted by Crippen LogP contribution is 2.31. The lowest BCUT2D eigenvalue weighted by Gasteiger charge is -2.25. The standard InChI is InChI=1S/C26H29N3O8S/c1-17-6-12-22(15-24(17)29(31)32)38(33,34)28(19-7-9-20(35-3)10-8-19)16-26(30)27-18(2)23-14-21(36-4)11-13-25(23)37-5/h6-15,18H,16H2,1-5H3,(H,27,30). The zero-order valence-corrected chi connectivity index (χ0v) is 22.4. The molecule has 0 radical (unpaired) electrons. The first kappa shape index (κ1) is 28.3. The van der Waals surface area contributed by atoms with E-state index in [1.165, 1.54) is 52.5 Å². The van der Waals surface area contributed by atoms with Gasteiger partial charge in [-0.3, -0.25) is 19.2 Å². The van der Waals surface area contributed by atoms with E-state index in [2.05, 4.69) is 5.32 Å². The highest BCUT2D eigenvalue weighted by atomic mass is 32.2. The number of anilines is 1. The average Bonchev–Trinajstić information content (AvgIpc) is 2.91. The number of nitrogens with zero attached hydrogens (tertiary/aromatic N) is 2. The summed E-state index contributed by atoms with van der Waals surface area (Å²) in [5, 5.41) is 14.2. The summed E-state index contributed by atoms with van der Waals surface area (Å²) in [6, 6.07) is 14.3. The van der Waals surface area contributed by atoms with Crippen LogP contribution >= 0.6 is 0 Å². The van der Waals surface area contributed by atoms with Crippen molar-refractivity contribution in [2.45, 2.75) is 24.8 Å².